The van der Waals surface area contributed by atoms with Gasteiger partial charge in [-0.1, -0.05) is 26.8 Å². The van der Waals surface area contributed by atoms with Crippen LogP contribution in [0, 0.1) is 0 Å². The van der Waals surface area contributed by atoms with E-state index in [1.165, 1.54) is 0 Å². The van der Waals surface area contributed by atoms with Crippen LogP contribution in [0.25, 0.3) is 0 Å². The van der Waals surface area contributed by atoms with Gasteiger partial charge in [-0.2, -0.15) is 0 Å². The van der Waals surface area contributed by atoms with E-state index >= 15 is 0 Å². The lowest BCUT2D eigenvalue weighted by atomic mass is 10.2. The Morgan fingerprint density at radius 2 is 1.96 bits per heavy atom. The van der Waals surface area contributed by atoms with E-state index < -0.39 is 0 Å². The fourth-order valence-corrected chi connectivity index (χ4v) is 3.84. The molecule has 0 unspecified atom stereocenters. The molecule has 3 rings (SSSR count). The summed E-state index contributed by atoms with van der Waals surface area (Å²) in [6.07, 6.45) is 0. The van der Waals surface area contributed by atoms with Gasteiger partial charge in [0.15, 0.2) is 11.5 Å². The number of ether oxygens (including phenoxy) is 2. The van der Waals surface area contributed by atoms with Gasteiger partial charge in [0.05, 0.1) is 12.3 Å². The molecule has 1 aliphatic rings. The zero-order valence-electron chi connectivity index (χ0n) is 14.8. The summed E-state index contributed by atoms with van der Waals surface area (Å²) in [5.74, 6) is 1.99. The van der Waals surface area contributed by atoms with Gasteiger partial charge >= 0.3 is 0 Å². The summed E-state index contributed by atoms with van der Waals surface area (Å²) < 4.78 is 11.3. The third kappa shape index (κ3) is 4.92. The Labute approximate surface area is 157 Å². The molecular weight excluding hydrogens is 354 g/mol. The van der Waals surface area contributed by atoms with Crippen LogP contribution >= 0.6 is 23.1 Å². The fourth-order valence-electron chi connectivity index (χ4n) is 2.44. The van der Waals surface area contributed by atoms with E-state index in [1.54, 1.807) is 23.1 Å². The maximum Gasteiger partial charge on any atom is 0.237 e. The first-order valence-corrected chi connectivity index (χ1v) is 10.2. The van der Waals surface area contributed by atoms with Gasteiger partial charge in [-0.3, -0.25) is 4.79 Å². The van der Waals surface area contributed by atoms with Crippen molar-refractivity contribution in [3.05, 3.63) is 40.6 Å². The molecule has 25 heavy (non-hydrogen) atoms. The lowest BCUT2D eigenvalue weighted by Gasteiger charge is -2.26. The van der Waals surface area contributed by atoms with Gasteiger partial charge in [-0.05, 0) is 23.6 Å². The number of fused-ring (bicyclic) bond motifs is 1. The maximum atomic E-state index is 12.9. The number of benzene rings is 1. The van der Waals surface area contributed by atoms with Crippen molar-refractivity contribution in [3.8, 4) is 11.5 Å². The summed E-state index contributed by atoms with van der Waals surface area (Å²) >= 11 is 3.32. The summed E-state index contributed by atoms with van der Waals surface area (Å²) in [6.45, 7) is 8.04. The molecule has 6 heteroatoms. The molecule has 0 fully saturated rings. The molecule has 0 radical (unpaired) electrons. The van der Waals surface area contributed by atoms with E-state index in [9.17, 15) is 4.79 Å². The highest BCUT2D eigenvalue weighted by molar-refractivity contribution is 8.01. The zero-order valence-corrected chi connectivity index (χ0v) is 16.4. The minimum absolute atomic E-state index is 0.0526. The van der Waals surface area contributed by atoms with Crippen molar-refractivity contribution >= 4 is 34.7 Å². The van der Waals surface area contributed by atoms with Crippen LogP contribution in [0.3, 0.4) is 0 Å². The molecule has 0 N–H and O–H groups in total. The summed E-state index contributed by atoms with van der Waals surface area (Å²) in [4.78, 5) is 15.9. The second-order valence-electron chi connectivity index (χ2n) is 6.79. The van der Waals surface area contributed by atoms with E-state index in [1.807, 2.05) is 34.5 Å². The van der Waals surface area contributed by atoms with Crippen LogP contribution < -0.4 is 14.4 Å². The highest BCUT2D eigenvalue weighted by Gasteiger charge is 2.22. The lowest BCUT2D eigenvalue weighted by molar-refractivity contribution is -0.116. The van der Waals surface area contributed by atoms with Gasteiger partial charge in [0.25, 0.3) is 0 Å². The quantitative estimate of drug-likeness (QED) is 0.764. The van der Waals surface area contributed by atoms with Crippen molar-refractivity contribution in [1.29, 1.82) is 0 Å². The van der Waals surface area contributed by atoms with Crippen molar-refractivity contribution in [2.24, 2.45) is 0 Å². The van der Waals surface area contributed by atoms with Crippen LogP contribution in [-0.4, -0.2) is 29.6 Å². The summed E-state index contributed by atoms with van der Waals surface area (Å²) in [6, 6.07) is 9.79. The second-order valence-corrected chi connectivity index (χ2v) is 9.62. The summed E-state index contributed by atoms with van der Waals surface area (Å²) in [5, 5.41) is 2.03. The van der Waals surface area contributed by atoms with E-state index in [-0.39, 0.29) is 10.7 Å². The molecule has 0 bridgehead atoms. The first kappa shape index (κ1) is 18.1. The second kappa shape index (κ2) is 7.70. The largest absolute Gasteiger partial charge is 0.486 e. The predicted octanol–water partition coefficient (Wildman–Crippen LogP) is 4.58. The van der Waals surface area contributed by atoms with Crippen LogP contribution in [0.2, 0.25) is 0 Å². The van der Waals surface area contributed by atoms with Gasteiger partial charge in [-0.15, -0.1) is 23.1 Å². The van der Waals surface area contributed by atoms with Gasteiger partial charge in [0.2, 0.25) is 5.91 Å². The highest BCUT2D eigenvalue weighted by Crippen LogP contribution is 2.35. The molecule has 0 saturated heterocycles. The molecule has 1 aliphatic heterocycles. The molecule has 134 valence electrons. The number of nitrogens with zero attached hydrogens (tertiary/aromatic N) is 1. The van der Waals surface area contributed by atoms with Crippen LogP contribution in [0.1, 0.15) is 25.6 Å². The minimum Gasteiger partial charge on any atom is -0.486 e. The average molecular weight is 378 g/mol. The molecular formula is C19H23NO3S2. The number of thioether (sulfide) groups is 1. The first-order valence-electron chi connectivity index (χ1n) is 8.29. The van der Waals surface area contributed by atoms with Crippen LogP contribution in [0.4, 0.5) is 5.69 Å². The third-order valence-corrected chi connectivity index (χ3v) is 5.78. The Morgan fingerprint density at radius 1 is 1.20 bits per heavy atom. The van der Waals surface area contributed by atoms with Crippen molar-refractivity contribution in [2.45, 2.75) is 32.1 Å². The maximum absolute atomic E-state index is 12.9. The SMILES string of the molecule is CC(C)(C)SCC(=O)N(Cc1cccs1)c1ccc2c(c1)OCCO2. The van der Waals surface area contributed by atoms with E-state index in [0.29, 0.717) is 31.3 Å². The molecule has 0 saturated carbocycles. The average Bonchev–Trinajstić information content (AvgIpc) is 3.10. The standard InChI is InChI=1S/C19H23NO3S2/c1-19(2,3)25-13-18(21)20(12-15-5-4-10-24-15)14-6-7-16-17(11-14)23-9-8-22-16/h4-7,10-11H,8-9,12-13H2,1-3H3. The van der Waals surface area contributed by atoms with E-state index in [0.717, 1.165) is 16.3 Å². The van der Waals surface area contributed by atoms with E-state index in [2.05, 4.69) is 26.8 Å². The Kier molecular flexibility index (Phi) is 5.59. The van der Waals surface area contributed by atoms with Crippen molar-refractivity contribution in [2.75, 3.05) is 23.9 Å². The van der Waals surface area contributed by atoms with Gasteiger partial charge in [-0.25, -0.2) is 0 Å². The molecule has 1 amide bonds. The number of thiophene rings is 1. The Bertz CT molecular complexity index is 723. The molecule has 2 heterocycles. The minimum atomic E-state index is 0.0526. The first-order chi connectivity index (χ1) is 11.9. The summed E-state index contributed by atoms with van der Waals surface area (Å²) in [7, 11) is 0. The molecule has 0 spiro atoms. The number of amides is 1. The number of carbonyl (C=O) groups excluding carboxylic acids is 1. The zero-order chi connectivity index (χ0) is 17.9. The summed E-state index contributed by atoms with van der Waals surface area (Å²) in [5.41, 5.74) is 0.845. The smallest absolute Gasteiger partial charge is 0.237 e. The van der Waals surface area contributed by atoms with E-state index in [4.69, 9.17) is 9.47 Å². The predicted molar refractivity (Wildman–Crippen MR) is 105 cm³/mol. The molecule has 0 atom stereocenters. The Morgan fingerprint density at radius 3 is 2.64 bits per heavy atom. The monoisotopic (exact) mass is 377 g/mol. The Hall–Kier alpha value is -1.66. The number of rotatable bonds is 5. The number of anilines is 1. The number of carbonyl (C=O) groups is 1. The van der Waals surface area contributed by atoms with Crippen molar-refractivity contribution in [1.82, 2.24) is 0 Å². The molecule has 4 nitrogen and oxygen atoms in total. The van der Waals surface area contributed by atoms with Gasteiger partial charge in [0, 0.05) is 21.4 Å². The topological polar surface area (TPSA) is 38.8 Å². The van der Waals surface area contributed by atoms with Crippen molar-refractivity contribution < 1.29 is 14.3 Å². The van der Waals surface area contributed by atoms with Gasteiger partial charge < -0.3 is 14.4 Å². The highest BCUT2D eigenvalue weighted by atomic mass is 32.2. The lowest BCUT2D eigenvalue weighted by Crippen LogP contribution is -2.33. The molecule has 2 aromatic rings. The van der Waals surface area contributed by atoms with Crippen molar-refractivity contribution in [3.63, 3.8) is 0 Å². The fraction of sp³-hybridized carbons (Fsp3) is 0.421. The third-order valence-electron chi connectivity index (χ3n) is 3.66. The number of hydrogen-bond acceptors (Lipinski definition) is 5. The Balaban J connectivity index is 1.84. The molecule has 0 aliphatic carbocycles. The van der Waals surface area contributed by atoms with Crippen LogP contribution in [0.15, 0.2) is 35.7 Å². The molecule has 1 aromatic heterocycles. The number of hydrogen-bond donors (Lipinski definition) is 0. The van der Waals surface area contributed by atoms with Crippen LogP contribution in [0.5, 0.6) is 11.5 Å². The van der Waals surface area contributed by atoms with Gasteiger partial charge in [0.1, 0.15) is 13.2 Å². The molecule has 1 aromatic carbocycles. The normalized spacial score (nSPS) is 13.6. The van der Waals surface area contributed by atoms with Crippen LogP contribution in [-0.2, 0) is 11.3 Å².